The molecule has 0 N–H and O–H groups in total. The fourth-order valence-corrected chi connectivity index (χ4v) is 2.35. The van der Waals surface area contributed by atoms with Gasteiger partial charge in [-0.15, -0.1) is 0 Å². The molecule has 2 heterocycles. The van der Waals surface area contributed by atoms with Gasteiger partial charge in [-0.25, -0.2) is 0 Å². The van der Waals surface area contributed by atoms with Crippen molar-refractivity contribution in [3.63, 3.8) is 0 Å². The van der Waals surface area contributed by atoms with Crippen molar-refractivity contribution in [2.45, 2.75) is 44.7 Å². The maximum absolute atomic E-state index is 2.68. The fourth-order valence-electron chi connectivity index (χ4n) is 2.35. The predicted molar refractivity (Wildman–Crippen MR) is 38.4 cm³/mol. The molecule has 1 nitrogen and oxygen atoms in total. The van der Waals surface area contributed by atoms with Gasteiger partial charge in [0.25, 0.3) is 0 Å². The van der Waals surface area contributed by atoms with E-state index in [1.165, 1.54) is 32.2 Å². The summed E-state index contributed by atoms with van der Waals surface area (Å²) in [7, 11) is 0. The SMILES string of the molecule is C[C@H]1CCC2CCCN21. The minimum Gasteiger partial charge on any atom is -0.298 e. The standard InChI is InChI=1S/C8H15N/c1-7-4-5-8-3-2-6-9(7)8/h7-8H,2-6H2,1H3/t7-,8?/m0/s1. The van der Waals surface area contributed by atoms with E-state index in [0.717, 1.165) is 12.1 Å². The van der Waals surface area contributed by atoms with Crippen LogP contribution >= 0.6 is 0 Å². The third-order valence-corrected chi connectivity index (χ3v) is 2.91. The van der Waals surface area contributed by atoms with Crippen molar-refractivity contribution in [2.24, 2.45) is 0 Å². The molecule has 0 aliphatic carbocycles. The Morgan fingerprint density at radius 3 is 2.89 bits per heavy atom. The Hall–Kier alpha value is -0.0400. The highest BCUT2D eigenvalue weighted by Crippen LogP contribution is 2.31. The van der Waals surface area contributed by atoms with Crippen LogP contribution in [0.5, 0.6) is 0 Å². The lowest BCUT2D eigenvalue weighted by molar-refractivity contribution is 0.260. The zero-order valence-electron chi connectivity index (χ0n) is 6.14. The van der Waals surface area contributed by atoms with Gasteiger partial charge >= 0.3 is 0 Å². The minimum absolute atomic E-state index is 0.900. The molecule has 2 aliphatic rings. The molecule has 0 aromatic rings. The summed E-state index contributed by atoms with van der Waals surface area (Å²) < 4.78 is 0. The Morgan fingerprint density at radius 2 is 2.11 bits per heavy atom. The van der Waals surface area contributed by atoms with Crippen molar-refractivity contribution in [3.8, 4) is 0 Å². The molecule has 9 heavy (non-hydrogen) atoms. The lowest BCUT2D eigenvalue weighted by Crippen LogP contribution is -2.28. The van der Waals surface area contributed by atoms with Crippen LogP contribution in [-0.2, 0) is 0 Å². The van der Waals surface area contributed by atoms with Crippen molar-refractivity contribution in [1.29, 1.82) is 0 Å². The summed E-state index contributed by atoms with van der Waals surface area (Å²) >= 11 is 0. The second-order valence-corrected chi connectivity index (χ2v) is 3.46. The Kier molecular flexibility index (Phi) is 1.26. The Bertz CT molecular complexity index is 111. The first-order chi connectivity index (χ1) is 4.38. The molecule has 2 saturated heterocycles. The Morgan fingerprint density at radius 1 is 1.22 bits per heavy atom. The zero-order chi connectivity index (χ0) is 6.27. The van der Waals surface area contributed by atoms with Crippen molar-refractivity contribution < 1.29 is 0 Å². The third-order valence-electron chi connectivity index (χ3n) is 2.91. The average molecular weight is 125 g/mol. The van der Waals surface area contributed by atoms with E-state index >= 15 is 0 Å². The molecular weight excluding hydrogens is 110 g/mol. The van der Waals surface area contributed by atoms with E-state index in [-0.39, 0.29) is 0 Å². The topological polar surface area (TPSA) is 3.24 Å². The average Bonchev–Trinajstić information content (AvgIpc) is 2.35. The molecule has 52 valence electrons. The van der Waals surface area contributed by atoms with Gasteiger partial charge in [-0.1, -0.05) is 0 Å². The molecule has 2 aliphatic heterocycles. The fraction of sp³-hybridized carbons (Fsp3) is 1.00. The van der Waals surface area contributed by atoms with E-state index in [1.807, 2.05) is 0 Å². The quantitative estimate of drug-likeness (QED) is 0.475. The number of hydrogen-bond donors (Lipinski definition) is 0. The van der Waals surface area contributed by atoms with Crippen LogP contribution < -0.4 is 0 Å². The molecule has 2 fully saturated rings. The van der Waals surface area contributed by atoms with E-state index in [0.29, 0.717) is 0 Å². The van der Waals surface area contributed by atoms with Crippen LogP contribution in [0.1, 0.15) is 32.6 Å². The van der Waals surface area contributed by atoms with Crippen LogP contribution in [0.4, 0.5) is 0 Å². The van der Waals surface area contributed by atoms with Gasteiger partial charge in [0.05, 0.1) is 0 Å². The van der Waals surface area contributed by atoms with Gasteiger partial charge < -0.3 is 0 Å². The number of hydrogen-bond acceptors (Lipinski definition) is 1. The largest absolute Gasteiger partial charge is 0.298 e. The predicted octanol–water partition coefficient (Wildman–Crippen LogP) is 1.63. The summed E-state index contributed by atoms with van der Waals surface area (Å²) in [5.74, 6) is 0. The van der Waals surface area contributed by atoms with E-state index in [4.69, 9.17) is 0 Å². The van der Waals surface area contributed by atoms with E-state index < -0.39 is 0 Å². The molecule has 0 amide bonds. The van der Waals surface area contributed by atoms with Gasteiger partial charge in [-0.2, -0.15) is 0 Å². The summed E-state index contributed by atoms with van der Waals surface area (Å²) in [6, 6.07) is 1.89. The molecule has 0 spiro atoms. The number of fused-ring (bicyclic) bond motifs is 1. The summed E-state index contributed by atoms with van der Waals surface area (Å²) in [5.41, 5.74) is 0. The van der Waals surface area contributed by atoms with Crippen molar-refractivity contribution in [3.05, 3.63) is 0 Å². The molecule has 0 saturated carbocycles. The highest BCUT2D eigenvalue weighted by atomic mass is 15.2. The first-order valence-corrected chi connectivity index (χ1v) is 4.13. The zero-order valence-corrected chi connectivity index (χ0v) is 6.14. The molecule has 0 aromatic carbocycles. The van der Waals surface area contributed by atoms with Crippen molar-refractivity contribution in [2.75, 3.05) is 6.54 Å². The summed E-state index contributed by atoms with van der Waals surface area (Å²) in [5, 5.41) is 0. The first kappa shape index (κ1) is 5.72. The molecule has 1 unspecified atom stereocenters. The van der Waals surface area contributed by atoms with Crippen LogP contribution in [0.25, 0.3) is 0 Å². The monoisotopic (exact) mass is 125 g/mol. The van der Waals surface area contributed by atoms with Crippen LogP contribution in [0.2, 0.25) is 0 Å². The number of nitrogens with zero attached hydrogens (tertiary/aromatic N) is 1. The second kappa shape index (κ2) is 1.98. The summed E-state index contributed by atoms with van der Waals surface area (Å²) in [6.45, 7) is 3.75. The van der Waals surface area contributed by atoms with Gasteiger partial charge in [0.15, 0.2) is 0 Å². The first-order valence-electron chi connectivity index (χ1n) is 4.13. The van der Waals surface area contributed by atoms with E-state index in [2.05, 4.69) is 11.8 Å². The summed E-state index contributed by atoms with van der Waals surface area (Å²) in [4.78, 5) is 2.68. The minimum atomic E-state index is 0.900. The highest BCUT2D eigenvalue weighted by Gasteiger charge is 2.33. The Balaban J connectivity index is 2.07. The second-order valence-electron chi connectivity index (χ2n) is 3.46. The van der Waals surface area contributed by atoms with Gasteiger partial charge in [-0.3, -0.25) is 4.90 Å². The van der Waals surface area contributed by atoms with Crippen molar-refractivity contribution in [1.82, 2.24) is 4.90 Å². The lowest BCUT2D eigenvalue weighted by Gasteiger charge is -2.19. The molecule has 0 aromatic heterocycles. The molecule has 2 atom stereocenters. The van der Waals surface area contributed by atoms with Crippen LogP contribution in [0.3, 0.4) is 0 Å². The highest BCUT2D eigenvalue weighted by molar-refractivity contribution is 4.89. The van der Waals surface area contributed by atoms with Crippen LogP contribution in [0, 0.1) is 0 Å². The maximum atomic E-state index is 2.68. The molecule has 0 bridgehead atoms. The normalized spacial score (nSPS) is 43.7. The van der Waals surface area contributed by atoms with Gasteiger partial charge in [-0.05, 0) is 39.2 Å². The number of rotatable bonds is 0. The maximum Gasteiger partial charge on any atom is 0.00991 e. The Labute approximate surface area is 57.0 Å². The van der Waals surface area contributed by atoms with Gasteiger partial charge in [0.2, 0.25) is 0 Å². The van der Waals surface area contributed by atoms with Gasteiger partial charge in [0.1, 0.15) is 0 Å². The summed E-state index contributed by atoms with van der Waals surface area (Å²) in [6.07, 6.45) is 5.85. The van der Waals surface area contributed by atoms with Gasteiger partial charge in [0, 0.05) is 12.1 Å². The molecule has 2 rings (SSSR count). The van der Waals surface area contributed by atoms with Crippen LogP contribution in [-0.4, -0.2) is 23.5 Å². The lowest BCUT2D eigenvalue weighted by atomic mass is 10.1. The van der Waals surface area contributed by atoms with E-state index in [1.54, 1.807) is 0 Å². The molecule has 1 heteroatoms. The molecular formula is C8H15N. The third kappa shape index (κ3) is 0.787. The van der Waals surface area contributed by atoms with Crippen molar-refractivity contribution >= 4 is 0 Å². The smallest absolute Gasteiger partial charge is 0.00991 e. The van der Waals surface area contributed by atoms with E-state index in [9.17, 15) is 0 Å². The molecule has 0 radical (unpaired) electrons. The van der Waals surface area contributed by atoms with Crippen LogP contribution in [0.15, 0.2) is 0 Å².